The van der Waals surface area contributed by atoms with Gasteiger partial charge >= 0.3 is 0 Å². The number of furan rings is 1. The standard InChI is InChI=1S/C20H21ClN4O2.ClH/c1-13-8-14(11-22)12-24(13)20(26)17-10-18(19-6-3-7-27-19)25(23-17)16-5-2-4-15(21)9-16;/h2-7,9-10,13-14H,8,11-12,22H2,1H3;1H. The Kier molecular flexibility index (Phi) is 6.13. The highest BCUT2D eigenvalue weighted by molar-refractivity contribution is 6.30. The molecule has 0 aliphatic carbocycles. The topological polar surface area (TPSA) is 77.3 Å². The maximum Gasteiger partial charge on any atom is 0.274 e. The lowest BCUT2D eigenvalue weighted by atomic mass is 10.1. The summed E-state index contributed by atoms with van der Waals surface area (Å²) in [7, 11) is 0. The molecule has 1 aliphatic rings. The van der Waals surface area contributed by atoms with Crippen LogP contribution in [-0.4, -0.2) is 39.7 Å². The van der Waals surface area contributed by atoms with Crippen molar-refractivity contribution in [2.45, 2.75) is 19.4 Å². The molecule has 1 aliphatic heterocycles. The van der Waals surface area contributed by atoms with Crippen molar-refractivity contribution >= 4 is 29.9 Å². The Morgan fingerprint density at radius 1 is 1.32 bits per heavy atom. The molecule has 0 saturated carbocycles. The maximum absolute atomic E-state index is 13.1. The van der Waals surface area contributed by atoms with Gasteiger partial charge in [-0.3, -0.25) is 4.79 Å². The Bertz CT molecular complexity index is 955. The zero-order valence-electron chi connectivity index (χ0n) is 15.4. The van der Waals surface area contributed by atoms with Crippen LogP contribution in [-0.2, 0) is 0 Å². The third-order valence-corrected chi connectivity index (χ3v) is 5.25. The minimum Gasteiger partial charge on any atom is -0.463 e. The largest absolute Gasteiger partial charge is 0.463 e. The molecule has 4 rings (SSSR count). The van der Waals surface area contributed by atoms with Gasteiger partial charge in [0.1, 0.15) is 5.69 Å². The molecule has 148 valence electrons. The van der Waals surface area contributed by atoms with Crippen LogP contribution in [0.15, 0.2) is 53.1 Å². The normalized spacial score (nSPS) is 18.9. The molecule has 0 radical (unpaired) electrons. The number of carbonyl (C=O) groups is 1. The van der Waals surface area contributed by atoms with Gasteiger partial charge in [0, 0.05) is 23.7 Å². The molecule has 6 nitrogen and oxygen atoms in total. The van der Waals surface area contributed by atoms with Crippen molar-refractivity contribution in [1.82, 2.24) is 14.7 Å². The highest BCUT2D eigenvalue weighted by Gasteiger charge is 2.33. The fourth-order valence-electron chi connectivity index (χ4n) is 3.63. The van der Waals surface area contributed by atoms with Crippen LogP contribution in [0.25, 0.3) is 17.1 Å². The van der Waals surface area contributed by atoms with E-state index in [1.807, 2.05) is 23.1 Å². The van der Waals surface area contributed by atoms with Crippen molar-refractivity contribution in [2.75, 3.05) is 13.1 Å². The minimum absolute atomic E-state index is 0. The van der Waals surface area contributed by atoms with Gasteiger partial charge in [0.15, 0.2) is 11.5 Å². The van der Waals surface area contributed by atoms with Crippen LogP contribution in [0, 0.1) is 5.92 Å². The van der Waals surface area contributed by atoms with Crippen molar-refractivity contribution in [3.63, 3.8) is 0 Å². The highest BCUT2D eigenvalue weighted by Crippen LogP contribution is 2.28. The second kappa shape index (κ2) is 8.39. The summed E-state index contributed by atoms with van der Waals surface area (Å²) in [4.78, 5) is 15.0. The van der Waals surface area contributed by atoms with Crippen molar-refractivity contribution < 1.29 is 9.21 Å². The molecule has 2 aromatic heterocycles. The lowest BCUT2D eigenvalue weighted by Gasteiger charge is -2.20. The van der Waals surface area contributed by atoms with Crippen LogP contribution in [0.1, 0.15) is 23.8 Å². The first-order chi connectivity index (χ1) is 13.1. The Balaban J connectivity index is 0.00000225. The summed E-state index contributed by atoms with van der Waals surface area (Å²) in [5.74, 6) is 0.881. The highest BCUT2D eigenvalue weighted by atomic mass is 35.5. The van der Waals surface area contributed by atoms with Crippen molar-refractivity contribution in [3.05, 3.63) is 59.4 Å². The van der Waals surface area contributed by atoms with E-state index in [0.29, 0.717) is 41.2 Å². The maximum atomic E-state index is 13.1. The smallest absolute Gasteiger partial charge is 0.274 e. The van der Waals surface area contributed by atoms with Crippen LogP contribution in [0.4, 0.5) is 0 Å². The zero-order chi connectivity index (χ0) is 19.0. The molecule has 1 fully saturated rings. The Hall–Kier alpha value is -2.28. The molecule has 2 unspecified atom stereocenters. The molecular weight excluding hydrogens is 399 g/mol. The molecule has 1 amide bonds. The molecule has 2 atom stereocenters. The van der Waals surface area contributed by atoms with E-state index in [0.717, 1.165) is 12.1 Å². The zero-order valence-corrected chi connectivity index (χ0v) is 17.0. The molecule has 3 aromatic rings. The first-order valence-corrected chi connectivity index (χ1v) is 9.35. The lowest BCUT2D eigenvalue weighted by molar-refractivity contribution is 0.0737. The number of nitrogens with two attached hydrogens (primary N) is 1. The predicted molar refractivity (Wildman–Crippen MR) is 111 cm³/mol. The Morgan fingerprint density at radius 2 is 2.14 bits per heavy atom. The summed E-state index contributed by atoms with van der Waals surface area (Å²) in [6, 6.07) is 12.9. The first-order valence-electron chi connectivity index (χ1n) is 8.97. The summed E-state index contributed by atoms with van der Waals surface area (Å²) < 4.78 is 7.24. The van der Waals surface area contributed by atoms with Crippen LogP contribution < -0.4 is 5.73 Å². The third kappa shape index (κ3) is 3.81. The van der Waals surface area contributed by atoms with Gasteiger partial charge in [-0.05, 0) is 56.1 Å². The number of amides is 1. The fourth-order valence-corrected chi connectivity index (χ4v) is 3.82. The molecule has 0 bridgehead atoms. The van der Waals surface area contributed by atoms with Gasteiger partial charge in [-0.1, -0.05) is 17.7 Å². The molecule has 0 spiro atoms. The summed E-state index contributed by atoms with van der Waals surface area (Å²) in [5, 5.41) is 5.18. The number of halogens is 2. The van der Waals surface area contributed by atoms with E-state index >= 15 is 0 Å². The van der Waals surface area contributed by atoms with Gasteiger partial charge in [0.2, 0.25) is 0 Å². The van der Waals surface area contributed by atoms with Gasteiger partial charge < -0.3 is 15.1 Å². The average Bonchev–Trinajstić information content (AvgIpc) is 3.40. The SMILES string of the molecule is CC1CC(CN)CN1C(=O)c1cc(-c2ccco2)n(-c2cccc(Cl)c2)n1.Cl. The fraction of sp³-hybridized carbons (Fsp3) is 0.300. The summed E-state index contributed by atoms with van der Waals surface area (Å²) >= 11 is 6.14. The van der Waals surface area contributed by atoms with Crippen molar-refractivity contribution in [2.24, 2.45) is 11.7 Å². The van der Waals surface area contributed by atoms with Crippen LogP contribution in [0.2, 0.25) is 5.02 Å². The molecule has 28 heavy (non-hydrogen) atoms. The van der Waals surface area contributed by atoms with E-state index in [4.69, 9.17) is 21.8 Å². The number of benzene rings is 1. The minimum atomic E-state index is -0.0907. The number of likely N-dealkylation sites (tertiary alicyclic amines) is 1. The molecular formula is C20H22Cl2N4O2. The van der Waals surface area contributed by atoms with E-state index < -0.39 is 0 Å². The van der Waals surface area contributed by atoms with Crippen LogP contribution in [0.3, 0.4) is 0 Å². The van der Waals surface area contributed by atoms with Crippen molar-refractivity contribution in [1.29, 1.82) is 0 Å². The lowest BCUT2D eigenvalue weighted by Crippen LogP contribution is -2.34. The molecule has 1 saturated heterocycles. The number of carbonyl (C=O) groups excluding carboxylic acids is 1. The predicted octanol–water partition coefficient (Wildman–Crippen LogP) is 4.02. The Labute approximate surface area is 174 Å². The van der Waals surface area contributed by atoms with Gasteiger partial charge in [0.05, 0.1) is 12.0 Å². The molecule has 1 aromatic carbocycles. The second-order valence-electron chi connectivity index (χ2n) is 6.93. The van der Waals surface area contributed by atoms with E-state index in [2.05, 4.69) is 12.0 Å². The number of rotatable bonds is 4. The third-order valence-electron chi connectivity index (χ3n) is 5.01. The van der Waals surface area contributed by atoms with Gasteiger partial charge in [-0.2, -0.15) is 5.10 Å². The van der Waals surface area contributed by atoms with E-state index in [9.17, 15) is 4.79 Å². The quantitative estimate of drug-likeness (QED) is 0.691. The van der Waals surface area contributed by atoms with Gasteiger partial charge in [-0.15, -0.1) is 12.4 Å². The van der Waals surface area contributed by atoms with E-state index in [1.165, 1.54) is 0 Å². The summed E-state index contributed by atoms with van der Waals surface area (Å²) in [6.07, 6.45) is 2.52. The summed E-state index contributed by atoms with van der Waals surface area (Å²) in [5.41, 5.74) is 7.65. The number of hydrogen-bond acceptors (Lipinski definition) is 4. The van der Waals surface area contributed by atoms with Gasteiger partial charge in [-0.25, -0.2) is 4.68 Å². The molecule has 3 heterocycles. The monoisotopic (exact) mass is 420 g/mol. The van der Waals surface area contributed by atoms with E-state index in [-0.39, 0.29) is 24.4 Å². The first kappa shape index (κ1) is 20.5. The number of hydrogen-bond donors (Lipinski definition) is 1. The number of aromatic nitrogens is 2. The summed E-state index contributed by atoms with van der Waals surface area (Å²) in [6.45, 7) is 3.30. The average molecular weight is 421 g/mol. The van der Waals surface area contributed by atoms with Crippen LogP contribution in [0.5, 0.6) is 0 Å². The molecule has 2 N–H and O–H groups in total. The van der Waals surface area contributed by atoms with Crippen molar-refractivity contribution in [3.8, 4) is 17.1 Å². The van der Waals surface area contributed by atoms with Crippen LogP contribution >= 0.6 is 24.0 Å². The molecule has 8 heteroatoms. The van der Waals surface area contributed by atoms with E-state index in [1.54, 1.807) is 35.2 Å². The Morgan fingerprint density at radius 3 is 2.79 bits per heavy atom. The van der Waals surface area contributed by atoms with Gasteiger partial charge in [0.25, 0.3) is 5.91 Å². The number of nitrogens with zero attached hydrogens (tertiary/aromatic N) is 3. The second-order valence-corrected chi connectivity index (χ2v) is 7.36.